The highest BCUT2D eigenvalue weighted by molar-refractivity contribution is 7.88. The molecular formula is C14H18Cl2N2O3S. The predicted molar refractivity (Wildman–Crippen MR) is 87.7 cm³/mol. The molecular weight excluding hydrogens is 347 g/mol. The Kier molecular flexibility index (Phi) is 5.71. The quantitative estimate of drug-likeness (QED) is 0.889. The van der Waals surface area contributed by atoms with Crippen LogP contribution in [0, 0.1) is 0 Å². The molecule has 0 spiro atoms. The highest BCUT2D eigenvalue weighted by atomic mass is 35.5. The van der Waals surface area contributed by atoms with Gasteiger partial charge in [-0.05, 0) is 30.5 Å². The zero-order valence-corrected chi connectivity index (χ0v) is 14.5. The Morgan fingerprint density at radius 2 is 1.95 bits per heavy atom. The SMILES string of the molecule is CS(=O)(=O)N1CCC(NC(=O)Cc2ccc(Cl)cc2Cl)CC1. The fourth-order valence-corrected chi connectivity index (χ4v) is 3.80. The van der Waals surface area contributed by atoms with Gasteiger partial charge in [0.15, 0.2) is 0 Å². The lowest BCUT2D eigenvalue weighted by Gasteiger charge is -2.30. The van der Waals surface area contributed by atoms with Crippen LogP contribution in [0.5, 0.6) is 0 Å². The predicted octanol–water partition coefficient (Wildman–Crippen LogP) is 2.08. The second-order valence-electron chi connectivity index (χ2n) is 5.42. The summed E-state index contributed by atoms with van der Waals surface area (Å²) in [6, 6.07) is 5.03. The lowest BCUT2D eigenvalue weighted by molar-refractivity contribution is -0.121. The second-order valence-corrected chi connectivity index (χ2v) is 8.24. The van der Waals surface area contributed by atoms with Crippen LogP contribution in [0.4, 0.5) is 0 Å². The van der Waals surface area contributed by atoms with Gasteiger partial charge in [0, 0.05) is 29.2 Å². The third-order valence-corrected chi connectivity index (χ3v) is 5.54. The number of benzene rings is 1. The van der Waals surface area contributed by atoms with Crippen molar-refractivity contribution in [2.75, 3.05) is 19.3 Å². The van der Waals surface area contributed by atoms with Gasteiger partial charge < -0.3 is 5.32 Å². The van der Waals surface area contributed by atoms with Gasteiger partial charge in [0.05, 0.1) is 12.7 Å². The molecule has 0 bridgehead atoms. The summed E-state index contributed by atoms with van der Waals surface area (Å²) in [6.45, 7) is 0.872. The maximum Gasteiger partial charge on any atom is 0.224 e. The summed E-state index contributed by atoms with van der Waals surface area (Å²) in [7, 11) is -3.15. The molecule has 1 aromatic rings. The summed E-state index contributed by atoms with van der Waals surface area (Å²) >= 11 is 11.9. The molecule has 1 heterocycles. The van der Waals surface area contributed by atoms with Crippen LogP contribution in [-0.4, -0.2) is 44.0 Å². The van der Waals surface area contributed by atoms with Crippen molar-refractivity contribution >= 4 is 39.1 Å². The van der Waals surface area contributed by atoms with E-state index < -0.39 is 10.0 Å². The van der Waals surface area contributed by atoms with Crippen LogP contribution < -0.4 is 5.32 Å². The summed E-state index contributed by atoms with van der Waals surface area (Å²) in [6.07, 6.45) is 2.62. The van der Waals surface area contributed by atoms with E-state index in [9.17, 15) is 13.2 Å². The van der Waals surface area contributed by atoms with E-state index in [1.165, 1.54) is 10.6 Å². The maximum atomic E-state index is 12.1. The molecule has 122 valence electrons. The Labute approximate surface area is 140 Å². The molecule has 0 aliphatic carbocycles. The number of carbonyl (C=O) groups excluding carboxylic acids is 1. The van der Waals surface area contributed by atoms with Crippen molar-refractivity contribution in [1.29, 1.82) is 0 Å². The average Bonchev–Trinajstić information content (AvgIpc) is 2.41. The van der Waals surface area contributed by atoms with Gasteiger partial charge in [0.25, 0.3) is 0 Å². The van der Waals surface area contributed by atoms with Crippen molar-refractivity contribution in [2.24, 2.45) is 0 Å². The van der Waals surface area contributed by atoms with Crippen molar-refractivity contribution < 1.29 is 13.2 Å². The molecule has 1 fully saturated rings. The van der Waals surface area contributed by atoms with Crippen LogP contribution in [-0.2, 0) is 21.2 Å². The second kappa shape index (κ2) is 7.17. The number of piperidine rings is 1. The van der Waals surface area contributed by atoms with Gasteiger partial charge in [-0.15, -0.1) is 0 Å². The Bertz CT molecular complexity index is 656. The minimum atomic E-state index is -3.15. The molecule has 0 aromatic heterocycles. The molecule has 0 radical (unpaired) electrons. The zero-order valence-electron chi connectivity index (χ0n) is 12.2. The van der Waals surface area contributed by atoms with E-state index in [1.807, 2.05) is 0 Å². The first-order valence-electron chi connectivity index (χ1n) is 6.94. The summed E-state index contributed by atoms with van der Waals surface area (Å²) < 4.78 is 24.3. The smallest absolute Gasteiger partial charge is 0.224 e. The van der Waals surface area contributed by atoms with E-state index in [0.29, 0.717) is 36.0 Å². The van der Waals surface area contributed by atoms with Crippen LogP contribution in [0.25, 0.3) is 0 Å². The van der Waals surface area contributed by atoms with Gasteiger partial charge in [0.2, 0.25) is 15.9 Å². The molecule has 2 rings (SSSR count). The number of rotatable bonds is 4. The number of sulfonamides is 1. The Morgan fingerprint density at radius 3 is 2.50 bits per heavy atom. The van der Waals surface area contributed by atoms with E-state index >= 15 is 0 Å². The number of nitrogens with zero attached hydrogens (tertiary/aromatic N) is 1. The van der Waals surface area contributed by atoms with E-state index in [2.05, 4.69) is 5.32 Å². The lowest BCUT2D eigenvalue weighted by Crippen LogP contribution is -2.46. The third kappa shape index (κ3) is 4.84. The van der Waals surface area contributed by atoms with Crippen molar-refractivity contribution in [3.8, 4) is 0 Å². The minimum absolute atomic E-state index is 0.00317. The molecule has 1 saturated heterocycles. The number of halogens is 2. The van der Waals surface area contributed by atoms with Crippen molar-refractivity contribution in [3.63, 3.8) is 0 Å². The largest absolute Gasteiger partial charge is 0.353 e. The number of carbonyl (C=O) groups is 1. The lowest BCUT2D eigenvalue weighted by atomic mass is 10.1. The van der Waals surface area contributed by atoms with E-state index in [-0.39, 0.29) is 18.4 Å². The van der Waals surface area contributed by atoms with Gasteiger partial charge >= 0.3 is 0 Å². The molecule has 1 amide bonds. The first-order chi connectivity index (χ1) is 10.3. The highest BCUT2D eigenvalue weighted by Gasteiger charge is 2.25. The molecule has 8 heteroatoms. The minimum Gasteiger partial charge on any atom is -0.353 e. The number of nitrogens with one attached hydrogen (secondary N) is 1. The fourth-order valence-electron chi connectivity index (χ4n) is 2.45. The molecule has 1 aromatic carbocycles. The topological polar surface area (TPSA) is 66.5 Å². The fraction of sp³-hybridized carbons (Fsp3) is 0.500. The van der Waals surface area contributed by atoms with Crippen molar-refractivity contribution in [1.82, 2.24) is 9.62 Å². The summed E-state index contributed by atoms with van der Waals surface area (Å²) in [4.78, 5) is 12.1. The molecule has 5 nitrogen and oxygen atoms in total. The van der Waals surface area contributed by atoms with E-state index in [1.54, 1.807) is 18.2 Å². The summed E-state index contributed by atoms with van der Waals surface area (Å²) in [5, 5.41) is 3.93. The Morgan fingerprint density at radius 1 is 1.32 bits per heavy atom. The molecule has 1 N–H and O–H groups in total. The van der Waals surface area contributed by atoms with E-state index in [4.69, 9.17) is 23.2 Å². The first-order valence-corrected chi connectivity index (χ1v) is 9.54. The molecule has 0 unspecified atom stereocenters. The summed E-state index contributed by atoms with van der Waals surface area (Å²) in [5.74, 6) is -0.123. The number of amides is 1. The first kappa shape index (κ1) is 17.5. The van der Waals surface area contributed by atoms with E-state index in [0.717, 1.165) is 5.56 Å². The average molecular weight is 365 g/mol. The van der Waals surface area contributed by atoms with Crippen molar-refractivity contribution in [2.45, 2.75) is 25.3 Å². The maximum absolute atomic E-state index is 12.1. The van der Waals surface area contributed by atoms with Gasteiger partial charge in [-0.1, -0.05) is 29.3 Å². The van der Waals surface area contributed by atoms with Gasteiger partial charge in [-0.2, -0.15) is 0 Å². The van der Waals surface area contributed by atoms with Crippen LogP contribution in [0.3, 0.4) is 0 Å². The molecule has 1 aliphatic heterocycles. The van der Waals surface area contributed by atoms with Crippen LogP contribution in [0.2, 0.25) is 10.0 Å². The number of hydrogen-bond acceptors (Lipinski definition) is 3. The number of hydrogen-bond donors (Lipinski definition) is 1. The molecule has 0 saturated carbocycles. The third-order valence-electron chi connectivity index (χ3n) is 3.65. The highest BCUT2D eigenvalue weighted by Crippen LogP contribution is 2.21. The summed E-state index contributed by atoms with van der Waals surface area (Å²) in [5.41, 5.74) is 0.720. The van der Waals surface area contributed by atoms with Crippen molar-refractivity contribution in [3.05, 3.63) is 33.8 Å². The van der Waals surface area contributed by atoms with Crippen LogP contribution in [0.1, 0.15) is 18.4 Å². The van der Waals surface area contributed by atoms with Crippen LogP contribution in [0.15, 0.2) is 18.2 Å². The van der Waals surface area contributed by atoms with Crippen LogP contribution >= 0.6 is 23.2 Å². The van der Waals surface area contributed by atoms with Gasteiger partial charge in [0.1, 0.15) is 0 Å². The molecule has 1 aliphatic rings. The monoisotopic (exact) mass is 364 g/mol. The Hall–Kier alpha value is -0.820. The van der Waals surface area contributed by atoms with Gasteiger partial charge in [-0.25, -0.2) is 12.7 Å². The molecule has 0 atom stereocenters. The zero-order chi connectivity index (χ0) is 16.3. The standard InChI is InChI=1S/C14H18Cl2N2O3S/c1-22(20,21)18-6-4-12(5-7-18)17-14(19)8-10-2-3-11(15)9-13(10)16/h2-3,9,12H,4-8H2,1H3,(H,17,19). The van der Waals surface area contributed by atoms with Gasteiger partial charge in [-0.3, -0.25) is 4.79 Å². The normalized spacial score (nSPS) is 17.4. The Balaban J connectivity index is 1.86. The molecule has 22 heavy (non-hydrogen) atoms.